The van der Waals surface area contributed by atoms with Crippen molar-refractivity contribution in [2.75, 3.05) is 26.5 Å². The lowest BCUT2D eigenvalue weighted by molar-refractivity contribution is -0.123. The van der Waals surface area contributed by atoms with Crippen LogP contribution in [-0.4, -0.2) is 46.9 Å². The van der Waals surface area contributed by atoms with E-state index in [1.165, 1.54) is 0 Å². The Hall–Kier alpha value is -2.24. The van der Waals surface area contributed by atoms with E-state index >= 15 is 0 Å². The zero-order valence-corrected chi connectivity index (χ0v) is 18.7. The monoisotopic (exact) mass is 424 g/mol. The summed E-state index contributed by atoms with van der Waals surface area (Å²) < 4.78 is 36.5. The van der Waals surface area contributed by atoms with E-state index in [0.717, 1.165) is 18.2 Å². The van der Waals surface area contributed by atoms with Crippen molar-refractivity contribution >= 4 is 15.9 Å². The highest BCUT2D eigenvalue weighted by Gasteiger charge is 2.26. The van der Waals surface area contributed by atoms with Crippen molar-refractivity contribution < 1.29 is 22.7 Å². The molecule has 1 rings (SSSR count). The van der Waals surface area contributed by atoms with Gasteiger partial charge < -0.3 is 14.8 Å². The first kappa shape index (κ1) is 24.8. The Bertz CT molecular complexity index is 827. The summed E-state index contributed by atoms with van der Waals surface area (Å²) in [6, 6.07) is 4.79. The van der Waals surface area contributed by atoms with Gasteiger partial charge in [-0.1, -0.05) is 39.2 Å². The average Bonchev–Trinajstić information content (AvgIpc) is 2.68. The van der Waals surface area contributed by atoms with Crippen LogP contribution in [0.4, 0.5) is 0 Å². The van der Waals surface area contributed by atoms with Gasteiger partial charge in [-0.25, -0.2) is 13.1 Å². The predicted octanol–water partition coefficient (Wildman–Crippen LogP) is 2.11. The van der Waals surface area contributed by atoms with Crippen LogP contribution in [0.15, 0.2) is 18.2 Å². The molecule has 1 aromatic carbocycles. The third kappa shape index (κ3) is 9.20. The molecule has 1 aromatic rings. The summed E-state index contributed by atoms with van der Waals surface area (Å²) in [4.78, 5) is 12.5. The van der Waals surface area contributed by atoms with Gasteiger partial charge in [0.05, 0.1) is 13.4 Å². The highest BCUT2D eigenvalue weighted by Crippen LogP contribution is 2.28. The number of hydrogen-bond donors (Lipinski definition) is 2. The van der Waals surface area contributed by atoms with Gasteiger partial charge in [0.25, 0.3) is 0 Å². The number of carbonyl (C=O) groups excluding carboxylic acids is 1. The van der Waals surface area contributed by atoms with Crippen molar-refractivity contribution in [2.45, 2.75) is 46.1 Å². The number of hydrogen-bond acceptors (Lipinski definition) is 5. The molecule has 0 heterocycles. The number of carbonyl (C=O) groups is 1. The van der Waals surface area contributed by atoms with Crippen LogP contribution < -0.4 is 19.5 Å². The van der Waals surface area contributed by atoms with Crippen molar-refractivity contribution in [1.29, 1.82) is 0 Å². The Kier molecular flexibility index (Phi) is 10.6. The van der Waals surface area contributed by atoms with E-state index in [4.69, 9.17) is 9.47 Å². The number of rotatable bonds is 11. The number of amides is 1. The molecule has 0 bridgehead atoms. The minimum absolute atomic E-state index is 0.114. The van der Waals surface area contributed by atoms with Gasteiger partial charge >= 0.3 is 0 Å². The van der Waals surface area contributed by atoms with Gasteiger partial charge in [0.1, 0.15) is 12.6 Å². The van der Waals surface area contributed by atoms with Crippen LogP contribution >= 0.6 is 0 Å². The molecule has 0 aliphatic rings. The fraction of sp³-hybridized carbons (Fsp3) is 0.571. The molecule has 8 heteroatoms. The minimum atomic E-state index is -3.48. The van der Waals surface area contributed by atoms with Crippen molar-refractivity contribution in [3.63, 3.8) is 0 Å². The van der Waals surface area contributed by atoms with E-state index in [2.05, 4.69) is 21.9 Å². The first-order chi connectivity index (χ1) is 13.7. The minimum Gasteiger partial charge on any atom is -0.493 e. The van der Waals surface area contributed by atoms with Gasteiger partial charge in [0, 0.05) is 13.0 Å². The van der Waals surface area contributed by atoms with Crippen molar-refractivity contribution in [2.24, 2.45) is 5.92 Å². The van der Waals surface area contributed by atoms with Crippen LogP contribution in [0.2, 0.25) is 0 Å². The second-order valence-corrected chi connectivity index (χ2v) is 8.56. The summed E-state index contributed by atoms with van der Waals surface area (Å²) in [6.45, 7) is 6.41. The van der Waals surface area contributed by atoms with Crippen molar-refractivity contribution in [1.82, 2.24) is 10.0 Å². The summed E-state index contributed by atoms with van der Waals surface area (Å²) in [7, 11) is -1.91. The number of benzene rings is 1. The molecule has 0 aliphatic heterocycles. The molecule has 2 atom stereocenters. The van der Waals surface area contributed by atoms with Gasteiger partial charge in [-0.2, -0.15) is 0 Å². The van der Waals surface area contributed by atoms with Gasteiger partial charge in [0.2, 0.25) is 15.9 Å². The van der Waals surface area contributed by atoms with Gasteiger partial charge in [-0.15, -0.1) is 5.92 Å². The second kappa shape index (κ2) is 12.3. The maximum atomic E-state index is 12.5. The third-order valence-electron chi connectivity index (χ3n) is 4.38. The standard InChI is InChI=1S/C21H32N2O5S/c1-6-8-9-14-28-18-11-10-17(15-19(18)27-4)12-13-22-21(24)20(16(3)7-2)23-29(5,25)26/h10-11,15-16,20,23H,6-7,12-14H2,1-5H3,(H,22,24)/t16?,20-/m0/s1. The first-order valence-electron chi connectivity index (χ1n) is 9.72. The van der Waals surface area contributed by atoms with E-state index < -0.39 is 16.1 Å². The number of sulfonamides is 1. The van der Waals surface area contributed by atoms with Crippen molar-refractivity contribution in [3.8, 4) is 23.3 Å². The SMILES string of the molecule is CCC#CCOc1ccc(CCNC(=O)[C@@H](NS(C)(=O)=O)C(C)CC)cc1OC. The van der Waals surface area contributed by atoms with Crippen LogP contribution in [0, 0.1) is 17.8 Å². The summed E-state index contributed by atoms with van der Waals surface area (Å²) in [6.07, 6.45) is 3.09. The predicted molar refractivity (Wildman–Crippen MR) is 114 cm³/mol. The molecule has 0 saturated carbocycles. The van der Waals surface area contributed by atoms with Crippen LogP contribution in [0.3, 0.4) is 0 Å². The Labute approximate surface area is 174 Å². The van der Waals surface area contributed by atoms with E-state index in [9.17, 15) is 13.2 Å². The van der Waals surface area contributed by atoms with Crippen LogP contribution in [0.25, 0.3) is 0 Å². The van der Waals surface area contributed by atoms with Gasteiger partial charge in [-0.05, 0) is 30.0 Å². The smallest absolute Gasteiger partial charge is 0.238 e. The highest BCUT2D eigenvalue weighted by atomic mass is 32.2. The van der Waals surface area contributed by atoms with E-state index in [-0.39, 0.29) is 11.8 Å². The quantitative estimate of drug-likeness (QED) is 0.531. The maximum absolute atomic E-state index is 12.5. The van der Waals surface area contributed by atoms with E-state index in [0.29, 0.717) is 37.5 Å². The zero-order chi connectivity index (χ0) is 21.9. The molecule has 29 heavy (non-hydrogen) atoms. The molecular formula is C21H32N2O5S. The summed E-state index contributed by atoms with van der Waals surface area (Å²) in [5.41, 5.74) is 0.963. The normalized spacial score (nSPS) is 13.0. The molecule has 0 aromatic heterocycles. The Morgan fingerprint density at radius 1 is 1.21 bits per heavy atom. The Morgan fingerprint density at radius 2 is 1.93 bits per heavy atom. The largest absolute Gasteiger partial charge is 0.493 e. The molecule has 2 N–H and O–H groups in total. The number of nitrogens with one attached hydrogen (secondary N) is 2. The van der Waals surface area contributed by atoms with Gasteiger partial charge in [0.15, 0.2) is 11.5 Å². The van der Waals surface area contributed by atoms with Crippen LogP contribution in [0.5, 0.6) is 11.5 Å². The van der Waals surface area contributed by atoms with Crippen LogP contribution in [-0.2, 0) is 21.2 Å². The fourth-order valence-corrected chi connectivity index (χ4v) is 3.41. The fourth-order valence-electron chi connectivity index (χ4n) is 2.61. The third-order valence-corrected chi connectivity index (χ3v) is 5.06. The zero-order valence-electron chi connectivity index (χ0n) is 17.9. The number of methoxy groups -OCH3 is 1. The molecule has 7 nitrogen and oxygen atoms in total. The summed E-state index contributed by atoms with van der Waals surface area (Å²) in [5, 5.41) is 2.81. The molecule has 0 saturated heterocycles. The highest BCUT2D eigenvalue weighted by molar-refractivity contribution is 7.88. The van der Waals surface area contributed by atoms with E-state index in [1.54, 1.807) is 7.11 Å². The van der Waals surface area contributed by atoms with E-state index in [1.807, 2.05) is 39.0 Å². The first-order valence-corrected chi connectivity index (χ1v) is 11.6. The Morgan fingerprint density at radius 3 is 2.52 bits per heavy atom. The molecule has 0 radical (unpaired) electrons. The topological polar surface area (TPSA) is 93.7 Å². The van der Waals surface area contributed by atoms with Crippen molar-refractivity contribution in [3.05, 3.63) is 23.8 Å². The lowest BCUT2D eigenvalue weighted by Gasteiger charge is -2.22. The molecule has 1 unspecified atom stereocenters. The van der Waals surface area contributed by atoms with Gasteiger partial charge in [-0.3, -0.25) is 4.79 Å². The average molecular weight is 425 g/mol. The molecule has 0 aliphatic carbocycles. The van der Waals surface area contributed by atoms with Crippen LogP contribution in [0.1, 0.15) is 39.2 Å². The second-order valence-electron chi connectivity index (χ2n) is 6.78. The summed E-state index contributed by atoms with van der Waals surface area (Å²) >= 11 is 0. The number of ether oxygens (including phenoxy) is 2. The Balaban J connectivity index is 2.68. The lowest BCUT2D eigenvalue weighted by atomic mass is 9.99. The molecule has 0 fully saturated rings. The summed E-state index contributed by atoms with van der Waals surface area (Å²) in [5.74, 6) is 6.62. The molecule has 0 spiro atoms. The maximum Gasteiger partial charge on any atom is 0.238 e. The molecular weight excluding hydrogens is 392 g/mol. The molecule has 162 valence electrons. The lowest BCUT2D eigenvalue weighted by Crippen LogP contribution is -2.50. The molecule has 1 amide bonds.